The van der Waals surface area contributed by atoms with Gasteiger partial charge in [0.2, 0.25) is 0 Å². The van der Waals surface area contributed by atoms with E-state index in [0.717, 1.165) is 0 Å². The Balaban J connectivity index is 3.51. The predicted molar refractivity (Wildman–Crippen MR) is 68.9 cm³/mol. The highest BCUT2D eigenvalue weighted by atomic mass is 16.6. The van der Waals surface area contributed by atoms with Gasteiger partial charge in [-0.05, 0) is 27.7 Å². The van der Waals surface area contributed by atoms with E-state index in [0.29, 0.717) is 26.4 Å². The smallest absolute Gasteiger partial charge is 0.0781 e. The molecule has 0 spiro atoms. The van der Waals surface area contributed by atoms with Crippen LogP contribution in [-0.2, 0) is 14.2 Å². The molecule has 0 fully saturated rings. The van der Waals surface area contributed by atoms with Gasteiger partial charge in [0, 0.05) is 12.6 Å². The average Bonchev–Trinajstić information content (AvgIpc) is 2.30. The number of rotatable bonds is 10. The van der Waals surface area contributed by atoms with Crippen LogP contribution in [-0.4, -0.2) is 50.7 Å². The molecule has 0 radical (unpaired) electrons. The van der Waals surface area contributed by atoms with E-state index in [2.05, 4.69) is 0 Å². The number of nitrogens with two attached hydrogens (primary N) is 2. The molecule has 0 bridgehead atoms. The van der Waals surface area contributed by atoms with Crippen molar-refractivity contribution in [1.29, 1.82) is 0 Å². The fraction of sp³-hybridized carbons (Fsp3) is 1.00. The molecule has 0 aromatic rings. The summed E-state index contributed by atoms with van der Waals surface area (Å²) in [4.78, 5) is 0. The Kier molecular flexibility index (Phi) is 9.68. The Labute approximate surface area is 105 Å². The Bertz CT molecular complexity index is 179. The molecule has 0 aliphatic rings. The summed E-state index contributed by atoms with van der Waals surface area (Å²) in [5, 5.41) is 0. The standard InChI is InChI=1S/C12H28N2O3/c1-9(14)6-15-11(3)8-17-12(4)7-16-10(2)5-13/h9-12H,5-8,13-14H2,1-4H3. The average molecular weight is 248 g/mol. The molecular weight excluding hydrogens is 220 g/mol. The third-order valence-corrected chi connectivity index (χ3v) is 2.21. The second-order valence-corrected chi connectivity index (χ2v) is 4.64. The maximum absolute atomic E-state index is 5.60. The van der Waals surface area contributed by atoms with Gasteiger partial charge in [-0.25, -0.2) is 0 Å². The topological polar surface area (TPSA) is 79.7 Å². The molecule has 0 aliphatic heterocycles. The van der Waals surface area contributed by atoms with E-state index in [1.165, 1.54) is 0 Å². The third kappa shape index (κ3) is 10.7. The molecular formula is C12H28N2O3. The van der Waals surface area contributed by atoms with Gasteiger partial charge >= 0.3 is 0 Å². The zero-order valence-corrected chi connectivity index (χ0v) is 11.5. The Morgan fingerprint density at radius 3 is 1.59 bits per heavy atom. The SMILES string of the molecule is CC(N)COC(C)COC(C)COC(C)CN. The van der Waals surface area contributed by atoms with Crippen LogP contribution in [0.25, 0.3) is 0 Å². The first kappa shape index (κ1) is 16.8. The van der Waals surface area contributed by atoms with Crippen LogP contribution in [0, 0.1) is 0 Å². The van der Waals surface area contributed by atoms with Crippen molar-refractivity contribution in [2.24, 2.45) is 11.5 Å². The van der Waals surface area contributed by atoms with Gasteiger partial charge < -0.3 is 25.7 Å². The van der Waals surface area contributed by atoms with Gasteiger partial charge in [0.1, 0.15) is 0 Å². The maximum atomic E-state index is 5.60. The number of hydrogen-bond acceptors (Lipinski definition) is 5. The van der Waals surface area contributed by atoms with Crippen LogP contribution < -0.4 is 11.5 Å². The van der Waals surface area contributed by atoms with E-state index in [-0.39, 0.29) is 24.4 Å². The summed E-state index contributed by atoms with van der Waals surface area (Å²) < 4.78 is 16.6. The van der Waals surface area contributed by atoms with E-state index >= 15 is 0 Å². The van der Waals surface area contributed by atoms with Crippen LogP contribution in [0.5, 0.6) is 0 Å². The van der Waals surface area contributed by atoms with Crippen LogP contribution in [0.3, 0.4) is 0 Å². The quantitative estimate of drug-likeness (QED) is 0.589. The lowest BCUT2D eigenvalue weighted by Crippen LogP contribution is -2.30. The largest absolute Gasteiger partial charge is 0.375 e. The van der Waals surface area contributed by atoms with Crippen LogP contribution in [0.1, 0.15) is 27.7 Å². The van der Waals surface area contributed by atoms with Gasteiger partial charge in [-0.3, -0.25) is 0 Å². The lowest BCUT2D eigenvalue weighted by Gasteiger charge is -2.20. The van der Waals surface area contributed by atoms with E-state index in [4.69, 9.17) is 25.7 Å². The second-order valence-electron chi connectivity index (χ2n) is 4.64. The molecule has 17 heavy (non-hydrogen) atoms. The highest BCUT2D eigenvalue weighted by molar-refractivity contribution is 4.57. The normalized spacial score (nSPS) is 18.7. The first-order chi connectivity index (χ1) is 7.95. The highest BCUT2D eigenvalue weighted by Gasteiger charge is 2.09. The van der Waals surface area contributed by atoms with Crippen molar-refractivity contribution < 1.29 is 14.2 Å². The molecule has 0 aromatic heterocycles. The monoisotopic (exact) mass is 248 g/mol. The lowest BCUT2D eigenvalue weighted by atomic mass is 10.3. The van der Waals surface area contributed by atoms with Crippen molar-refractivity contribution >= 4 is 0 Å². The maximum Gasteiger partial charge on any atom is 0.0781 e. The van der Waals surface area contributed by atoms with E-state index < -0.39 is 0 Å². The molecule has 0 aliphatic carbocycles. The zero-order valence-electron chi connectivity index (χ0n) is 11.5. The second kappa shape index (κ2) is 9.79. The van der Waals surface area contributed by atoms with Crippen LogP contribution in [0.15, 0.2) is 0 Å². The Hall–Kier alpha value is -0.200. The van der Waals surface area contributed by atoms with E-state index in [1.807, 2.05) is 27.7 Å². The van der Waals surface area contributed by atoms with Crippen molar-refractivity contribution in [2.45, 2.75) is 52.0 Å². The molecule has 0 aromatic carbocycles. The van der Waals surface area contributed by atoms with Gasteiger partial charge in [0.15, 0.2) is 0 Å². The molecule has 5 heteroatoms. The molecule has 104 valence electrons. The summed E-state index contributed by atoms with van der Waals surface area (Å²) in [6.45, 7) is 9.99. The number of ether oxygens (including phenoxy) is 3. The first-order valence-corrected chi connectivity index (χ1v) is 6.26. The molecule has 0 heterocycles. The number of hydrogen-bond donors (Lipinski definition) is 2. The minimum absolute atomic E-state index is 0.0466. The molecule has 4 unspecified atom stereocenters. The fourth-order valence-electron chi connectivity index (χ4n) is 1.08. The molecule has 4 atom stereocenters. The summed E-state index contributed by atoms with van der Waals surface area (Å²) in [5.41, 5.74) is 11.0. The molecule has 0 saturated carbocycles. The Morgan fingerprint density at radius 2 is 1.18 bits per heavy atom. The minimum atomic E-state index is 0.0466. The van der Waals surface area contributed by atoms with Crippen LogP contribution in [0.2, 0.25) is 0 Å². The van der Waals surface area contributed by atoms with Crippen molar-refractivity contribution in [3.63, 3.8) is 0 Å². The fourth-order valence-corrected chi connectivity index (χ4v) is 1.08. The molecule has 4 N–H and O–H groups in total. The van der Waals surface area contributed by atoms with Gasteiger partial charge in [0.05, 0.1) is 38.1 Å². The summed E-state index contributed by atoms with van der Waals surface area (Å²) in [5.74, 6) is 0. The van der Waals surface area contributed by atoms with Crippen molar-refractivity contribution in [2.75, 3.05) is 26.4 Å². The summed E-state index contributed by atoms with van der Waals surface area (Å²) in [6.07, 6.45) is 0.175. The van der Waals surface area contributed by atoms with Crippen molar-refractivity contribution in [3.05, 3.63) is 0 Å². The third-order valence-electron chi connectivity index (χ3n) is 2.21. The van der Waals surface area contributed by atoms with Crippen molar-refractivity contribution in [3.8, 4) is 0 Å². The van der Waals surface area contributed by atoms with E-state index in [9.17, 15) is 0 Å². The molecule has 0 rings (SSSR count). The first-order valence-electron chi connectivity index (χ1n) is 6.26. The molecule has 5 nitrogen and oxygen atoms in total. The Morgan fingerprint density at radius 1 is 0.765 bits per heavy atom. The zero-order chi connectivity index (χ0) is 13.3. The van der Waals surface area contributed by atoms with E-state index in [1.54, 1.807) is 0 Å². The minimum Gasteiger partial charge on any atom is -0.375 e. The van der Waals surface area contributed by atoms with Crippen LogP contribution in [0.4, 0.5) is 0 Å². The molecule has 0 saturated heterocycles. The van der Waals surface area contributed by atoms with Gasteiger partial charge in [-0.2, -0.15) is 0 Å². The highest BCUT2D eigenvalue weighted by Crippen LogP contribution is 1.99. The summed E-state index contributed by atoms with van der Waals surface area (Å²) in [6, 6.07) is 0.0589. The summed E-state index contributed by atoms with van der Waals surface area (Å²) in [7, 11) is 0. The van der Waals surface area contributed by atoms with Gasteiger partial charge in [0.25, 0.3) is 0 Å². The van der Waals surface area contributed by atoms with Gasteiger partial charge in [-0.15, -0.1) is 0 Å². The molecule has 0 amide bonds. The van der Waals surface area contributed by atoms with Crippen molar-refractivity contribution in [1.82, 2.24) is 0 Å². The lowest BCUT2D eigenvalue weighted by molar-refractivity contribution is -0.0677. The van der Waals surface area contributed by atoms with Gasteiger partial charge in [-0.1, -0.05) is 0 Å². The predicted octanol–water partition coefficient (Wildman–Crippen LogP) is 0.508. The van der Waals surface area contributed by atoms with Crippen LogP contribution >= 0.6 is 0 Å². The summed E-state index contributed by atoms with van der Waals surface area (Å²) >= 11 is 0.